The molecule has 1 aromatic rings. The zero-order valence-corrected chi connectivity index (χ0v) is 11.8. The molecule has 104 valence electrons. The Hall–Kier alpha value is -1.07. The molecule has 6 heteroatoms. The van der Waals surface area contributed by atoms with Gasteiger partial charge >= 0.3 is 0 Å². The van der Waals surface area contributed by atoms with E-state index in [9.17, 15) is 4.79 Å². The second-order valence-corrected chi connectivity index (χ2v) is 5.82. The minimum atomic E-state index is -0.217. The summed E-state index contributed by atoms with van der Waals surface area (Å²) in [7, 11) is 0. The van der Waals surface area contributed by atoms with E-state index in [0.717, 1.165) is 12.8 Å². The number of piperidine rings is 1. The van der Waals surface area contributed by atoms with Gasteiger partial charge in [-0.2, -0.15) is 5.10 Å². The van der Waals surface area contributed by atoms with Crippen LogP contribution in [0.5, 0.6) is 0 Å². The van der Waals surface area contributed by atoms with Crippen molar-refractivity contribution >= 4 is 17.3 Å². The summed E-state index contributed by atoms with van der Waals surface area (Å²) in [4.78, 5) is 11.9. The fraction of sp³-hybridized carbons (Fsp3) is 0.692. The van der Waals surface area contributed by atoms with Crippen molar-refractivity contribution in [2.75, 3.05) is 5.32 Å². The van der Waals surface area contributed by atoms with E-state index in [2.05, 4.69) is 15.7 Å². The molecule has 2 aliphatic rings. The lowest BCUT2D eigenvalue weighted by atomic mass is 10.00. The SMILES string of the molecule is CCn1ncc(NC2CC3CCC(C2)N3)c(Cl)c1=O. The van der Waals surface area contributed by atoms with Gasteiger partial charge in [-0.1, -0.05) is 11.6 Å². The summed E-state index contributed by atoms with van der Waals surface area (Å²) in [6, 6.07) is 1.60. The van der Waals surface area contributed by atoms with Crippen LogP contribution in [-0.4, -0.2) is 27.9 Å². The summed E-state index contributed by atoms with van der Waals surface area (Å²) in [5.74, 6) is 0. The van der Waals surface area contributed by atoms with E-state index in [1.807, 2.05) is 6.92 Å². The van der Waals surface area contributed by atoms with Gasteiger partial charge < -0.3 is 10.6 Å². The third kappa shape index (κ3) is 2.49. The van der Waals surface area contributed by atoms with Crippen LogP contribution in [-0.2, 0) is 6.54 Å². The number of fused-ring (bicyclic) bond motifs is 2. The Morgan fingerprint density at radius 2 is 2.16 bits per heavy atom. The Balaban J connectivity index is 1.77. The molecule has 19 heavy (non-hydrogen) atoms. The first-order valence-electron chi connectivity index (χ1n) is 6.95. The number of hydrogen-bond acceptors (Lipinski definition) is 4. The molecule has 0 aliphatic carbocycles. The highest BCUT2D eigenvalue weighted by atomic mass is 35.5. The lowest BCUT2D eigenvalue weighted by molar-refractivity contribution is 0.378. The van der Waals surface area contributed by atoms with Gasteiger partial charge in [0.2, 0.25) is 0 Å². The van der Waals surface area contributed by atoms with Crippen molar-refractivity contribution in [2.45, 2.75) is 57.3 Å². The second kappa shape index (κ2) is 5.13. The zero-order chi connectivity index (χ0) is 13.4. The predicted molar refractivity (Wildman–Crippen MR) is 75.8 cm³/mol. The summed E-state index contributed by atoms with van der Waals surface area (Å²) in [5.41, 5.74) is 0.453. The number of nitrogens with zero attached hydrogens (tertiary/aromatic N) is 2. The number of aryl methyl sites for hydroxylation is 1. The van der Waals surface area contributed by atoms with Crippen molar-refractivity contribution in [1.29, 1.82) is 0 Å². The standard InChI is InChI=1S/C13H19ClN4O/c1-2-18-13(19)12(14)11(7-15-18)17-10-5-8-3-4-9(6-10)16-8/h7-10,16-17H,2-6H2,1H3. The molecule has 0 saturated carbocycles. The molecule has 0 radical (unpaired) electrons. The van der Waals surface area contributed by atoms with Gasteiger partial charge in [0.25, 0.3) is 5.56 Å². The first-order valence-corrected chi connectivity index (χ1v) is 7.33. The van der Waals surface area contributed by atoms with Crippen LogP contribution in [0.1, 0.15) is 32.6 Å². The zero-order valence-electron chi connectivity index (χ0n) is 11.0. The van der Waals surface area contributed by atoms with Gasteiger partial charge in [0.15, 0.2) is 0 Å². The van der Waals surface area contributed by atoms with Crippen LogP contribution in [0.25, 0.3) is 0 Å². The van der Waals surface area contributed by atoms with Crippen molar-refractivity contribution in [3.05, 3.63) is 21.6 Å². The summed E-state index contributed by atoms with van der Waals surface area (Å²) in [6.45, 7) is 2.42. The molecule has 0 spiro atoms. The smallest absolute Gasteiger partial charge is 0.287 e. The Bertz CT molecular complexity index is 518. The molecule has 3 rings (SSSR count). The van der Waals surface area contributed by atoms with E-state index in [-0.39, 0.29) is 10.6 Å². The first kappa shape index (κ1) is 12.9. The summed E-state index contributed by atoms with van der Waals surface area (Å²) in [5, 5.41) is 11.4. The van der Waals surface area contributed by atoms with E-state index in [1.54, 1.807) is 6.20 Å². The minimum absolute atomic E-state index is 0.217. The molecule has 2 N–H and O–H groups in total. The van der Waals surface area contributed by atoms with Crippen LogP contribution in [0.3, 0.4) is 0 Å². The van der Waals surface area contributed by atoms with Gasteiger partial charge in [-0.3, -0.25) is 4.79 Å². The van der Waals surface area contributed by atoms with Crippen molar-refractivity contribution in [3.8, 4) is 0 Å². The number of nitrogens with one attached hydrogen (secondary N) is 2. The fourth-order valence-corrected chi connectivity index (χ4v) is 3.39. The molecular weight excluding hydrogens is 264 g/mol. The second-order valence-electron chi connectivity index (χ2n) is 5.44. The van der Waals surface area contributed by atoms with Gasteiger partial charge in [-0.05, 0) is 32.6 Å². The van der Waals surface area contributed by atoms with Gasteiger partial charge in [0.1, 0.15) is 5.02 Å². The number of rotatable bonds is 3. The number of halogens is 1. The highest BCUT2D eigenvalue weighted by molar-refractivity contribution is 6.32. The van der Waals surface area contributed by atoms with E-state index < -0.39 is 0 Å². The Labute approximate surface area is 117 Å². The molecule has 2 aliphatic heterocycles. The van der Waals surface area contributed by atoms with Gasteiger partial charge in [-0.25, -0.2) is 4.68 Å². The summed E-state index contributed by atoms with van der Waals surface area (Å²) < 4.78 is 1.37. The molecule has 2 saturated heterocycles. The van der Waals surface area contributed by atoms with E-state index in [1.165, 1.54) is 17.5 Å². The fourth-order valence-electron chi connectivity index (χ4n) is 3.19. The highest BCUT2D eigenvalue weighted by Crippen LogP contribution is 2.29. The third-order valence-corrected chi connectivity index (χ3v) is 4.48. The van der Waals surface area contributed by atoms with Crippen molar-refractivity contribution in [3.63, 3.8) is 0 Å². The maximum absolute atomic E-state index is 11.9. The maximum atomic E-state index is 11.9. The van der Waals surface area contributed by atoms with Gasteiger partial charge in [0.05, 0.1) is 11.9 Å². The molecule has 2 fully saturated rings. The monoisotopic (exact) mass is 282 g/mol. The molecule has 2 unspecified atom stereocenters. The lowest BCUT2D eigenvalue weighted by Gasteiger charge is -2.30. The number of aromatic nitrogens is 2. The van der Waals surface area contributed by atoms with Crippen molar-refractivity contribution in [1.82, 2.24) is 15.1 Å². The highest BCUT2D eigenvalue weighted by Gasteiger charge is 2.33. The molecule has 1 aromatic heterocycles. The number of hydrogen-bond donors (Lipinski definition) is 2. The molecule has 3 heterocycles. The van der Waals surface area contributed by atoms with Crippen LogP contribution in [0.2, 0.25) is 5.02 Å². The van der Waals surface area contributed by atoms with Crippen LogP contribution in [0, 0.1) is 0 Å². The molecule has 2 bridgehead atoms. The van der Waals surface area contributed by atoms with E-state index in [0.29, 0.717) is 30.4 Å². The van der Waals surface area contributed by atoms with Gasteiger partial charge in [0, 0.05) is 24.7 Å². The largest absolute Gasteiger partial charge is 0.380 e. The predicted octanol–water partition coefficient (Wildman–Crippen LogP) is 1.61. The molecule has 5 nitrogen and oxygen atoms in total. The van der Waals surface area contributed by atoms with E-state index in [4.69, 9.17) is 11.6 Å². The average Bonchev–Trinajstić information content (AvgIpc) is 2.75. The molecule has 0 aromatic carbocycles. The van der Waals surface area contributed by atoms with Crippen LogP contribution in [0.4, 0.5) is 5.69 Å². The molecular formula is C13H19ClN4O. The van der Waals surface area contributed by atoms with Crippen molar-refractivity contribution in [2.24, 2.45) is 0 Å². The Morgan fingerprint density at radius 1 is 1.47 bits per heavy atom. The topological polar surface area (TPSA) is 59.0 Å². The lowest BCUT2D eigenvalue weighted by Crippen LogP contribution is -2.43. The Kier molecular flexibility index (Phi) is 3.50. The molecule has 0 amide bonds. The van der Waals surface area contributed by atoms with E-state index >= 15 is 0 Å². The average molecular weight is 283 g/mol. The minimum Gasteiger partial charge on any atom is -0.380 e. The maximum Gasteiger partial charge on any atom is 0.287 e. The van der Waals surface area contributed by atoms with Crippen molar-refractivity contribution < 1.29 is 0 Å². The third-order valence-electron chi connectivity index (χ3n) is 4.12. The van der Waals surface area contributed by atoms with Gasteiger partial charge in [-0.15, -0.1) is 0 Å². The normalized spacial score (nSPS) is 29.5. The van der Waals surface area contributed by atoms with Crippen LogP contribution >= 0.6 is 11.6 Å². The molecule has 2 atom stereocenters. The summed E-state index contributed by atoms with van der Waals surface area (Å²) >= 11 is 6.13. The summed E-state index contributed by atoms with van der Waals surface area (Å²) in [6.07, 6.45) is 6.35. The van der Waals surface area contributed by atoms with Crippen LogP contribution < -0.4 is 16.2 Å². The Morgan fingerprint density at radius 3 is 2.79 bits per heavy atom. The van der Waals surface area contributed by atoms with Crippen LogP contribution in [0.15, 0.2) is 11.0 Å². The first-order chi connectivity index (χ1) is 9.17. The quantitative estimate of drug-likeness (QED) is 0.884. The number of anilines is 1.